The summed E-state index contributed by atoms with van der Waals surface area (Å²) < 4.78 is 5.25. The molecule has 2 saturated heterocycles. The number of carbonyl (C=O) groups excluding carboxylic acids is 1. The molecule has 3 N–H and O–H groups in total. The number of halogens is 1. The lowest BCUT2D eigenvalue weighted by molar-refractivity contribution is -0.135. The first-order chi connectivity index (χ1) is 6.77. The summed E-state index contributed by atoms with van der Waals surface area (Å²) in [5, 5.41) is 3.15. The molecule has 0 saturated carbocycles. The van der Waals surface area contributed by atoms with E-state index in [1.165, 1.54) is 0 Å². The van der Waals surface area contributed by atoms with Gasteiger partial charge in [-0.2, -0.15) is 0 Å². The van der Waals surface area contributed by atoms with Gasteiger partial charge in [0.1, 0.15) is 6.04 Å². The highest BCUT2D eigenvalue weighted by Gasteiger charge is 2.30. The van der Waals surface area contributed by atoms with Crippen LogP contribution >= 0.6 is 12.4 Å². The van der Waals surface area contributed by atoms with Crippen LogP contribution < -0.4 is 11.1 Å². The maximum absolute atomic E-state index is 11.9. The number of likely N-dealkylation sites (tertiary alicyclic amines) is 1. The van der Waals surface area contributed by atoms with Crippen molar-refractivity contribution in [2.75, 3.05) is 32.8 Å². The van der Waals surface area contributed by atoms with Gasteiger partial charge in [-0.15, -0.1) is 12.4 Å². The number of ether oxygens (including phenoxy) is 1. The van der Waals surface area contributed by atoms with Crippen molar-refractivity contribution in [3.63, 3.8) is 0 Å². The van der Waals surface area contributed by atoms with Crippen molar-refractivity contribution in [1.82, 2.24) is 10.2 Å². The van der Waals surface area contributed by atoms with E-state index in [9.17, 15) is 4.79 Å². The average molecular weight is 236 g/mol. The van der Waals surface area contributed by atoms with Crippen molar-refractivity contribution in [3.05, 3.63) is 0 Å². The minimum Gasteiger partial charge on any atom is -0.378 e. The summed E-state index contributed by atoms with van der Waals surface area (Å²) in [4.78, 5) is 13.7. The van der Waals surface area contributed by atoms with E-state index >= 15 is 0 Å². The fourth-order valence-electron chi connectivity index (χ4n) is 1.93. The monoisotopic (exact) mass is 235 g/mol. The van der Waals surface area contributed by atoms with E-state index in [1.807, 2.05) is 4.90 Å². The number of nitrogens with zero attached hydrogens (tertiary/aromatic N) is 1. The van der Waals surface area contributed by atoms with Gasteiger partial charge in [-0.25, -0.2) is 0 Å². The third-order valence-corrected chi connectivity index (χ3v) is 2.76. The second kappa shape index (κ2) is 5.65. The summed E-state index contributed by atoms with van der Waals surface area (Å²) in [6, 6.07) is -0.00231. The molecule has 0 radical (unpaired) electrons. The van der Waals surface area contributed by atoms with Gasteiger partial charge in [-0.3, -0.25) is 4.79 Å². The largest absolute Gasteiger partial charge is 0.378 e. The van der Waals surface area contributed by atoms with Gasteiger partial charge in [-0.05, 0) is 6.42 Å². The second-order valence-electron chi connectivity index (χ2n) is 3.91. The van der Waals surface area contributed by atoms with E-state index in [0.29, 0.717) is 19.8 Å². The smallest absolute Gasteiger partial charge is 0.242 e. The van der Waals surface area contributed by atoms with E-state index in [2.05, 4.69) is 5.32 Å². The summed E-state index contributed by atoms with van der Waals surface area (Å²) in [6.45, 7) is 3.43. The van der Waals surface area contributed by atoms with Crippen molar-refractivity contribution >= 4 is 18.3 Å². The quantitative estimate of drug-likeness (QED) is 0.609. The first-order valence-electron chi connectivity index (χ1n) is 5.13. The minimum absolute atomic E-state index is 0. The van der Waals surface area contributed by atoms with Crippen LogP contribution in [0, 0.1) is 0 Å². The lowest BCUT2D eigenvalue weighted by Gasteiger charge is -2.27. The average Bonchev–Trinajstić information content (AvgIpc) is 2.65. The van der Waals surface area contributed by atoms with Crippen LogP contribution in [-0.4, -0.2) is 55.7 Å². The number of hydrogen-bond donors (Lipinski definition) is 2. The number of nitrogens with one attached hydrogen (secondary N) is 1. The molecule has 2 aliphatic rings. The van der Waals surface area contributed by atoms with Crippen LogP contribution in [0.2, 0.25) is 0 Å². The van der Waals surface area contributed by atoms with Gasteiger partial charge in [0.15, 0.2) is 0 Å². The number of amides is 1. The third-order valence-electron chi connectivity index (χ3n) is 2.76. The Kier molecular flexibility index (Phi) is 4.79. The molecule has 0 aromatic rings. The van der Waals surface area contributed by atoms with Crippen LogP contribution in [0.5, 0.6) is 0 Å². The second-order valence-corrected chi connectivity index (χ2v) is 3.91. The van der Waals surface area contributed by atoms with Crippen molar-refractivity contribution in [2.24, 2.45) is 5.73 Å². The summed E-state index contributed by atoms with van der Waals surface area (Å²) in [7, 11) is 0. The van der Waals surface area contributed by atoms with E-state index in [-0.39, 0.29) is 30.4 Å². The molecule has 0 aromatic carbocycles. The Balaban J connectivity index is 0.00000112. The van der Waals surface area contributed by atoms with E-state index in [0.717, 1.165) is 19.5 Å². The van der Waals surface area contributed by atoms with Crippen molar-refractivity contribution in [2.45, 2.75) is 18.5 Å². The normalized spacial score (nSPS) is 31.1. The lowest BCUT2D eigenvalue weighted by atomic mass is 10.2. The molecule has 6 heteroatoms. The molecule has 1 amide bonds. The molecule has 2 atom stereocenters. The highest BCUT2D eigenvalue weighted by molar-refractivity contribution is 5.85. The van der Waals surface area contributed by atoms with Crippen LogP contribution in [-0.2, 0) is 9.53 Å². The molecule has 2 rings (SSSR count). The van der Waals surface area contributed by atoms with Crippen LogP contribution in [0.25, 0.3) is 0 Å². The molecule has 0 unspecified atom stereocenters. The van der Waals surface area contributed by atoms with Crippen LogP contribution in [0.15, 0.2) is 0 Å². The Morgan fingerprint density at radius 1 is 1.53 bits per heavy atom. The summed E-state index contributed by atoms with van der Waals surface area (Å²) in [5.74, 6) is 0.137. The van der Waals surface area contributed by atoms with Gasteiger partial charge in [0.05, 0.1) is 13.2 Å². The molecular formula is C9H18ClN3O2. The molecule has 2 aliphatic heterocycles. The molecule has 5 nitrogen and oxygen atoms in total. The predicted molar refractivity (Wildman–Crippen MR) is 59.0 cm³/mol. The van der Waals surface area contributed by atoms with Crippen molar-refractivity contribution in [1.29, 1.82) is 0 Å². The maximum Gasteiger partial charge on any atom is 0.242 e. The lowest BCUT2D eigenvalue weighted by Crippen LogP contribution is -2.52. The van der Waals surface area contributed by atoms with Crippen LogP contribution in [0.3, 0.4) is 0 Å². The number of carbonyl (C=O) groups is 1. The Labute approximate surface area is 95.7 Å². The Morgan fingerprint density at radius 2 is 2.33 bits per heavy atom. The molecule has 0 bridgehead atoms. The Morgan fingerprint density at radius 3 is 2.87 bits per heavy atom. The standard InChI is InChI=1S/C9H17N3O2.ClH/c10-7-1-3-12(5-7)9(13)8-6-14-4-2-11-8;/h7-8,11H,1-6,10H2;1H/t7-,8+;/m0./s1. The highest BCUT2D eigenvalue weighted by Crippen LogP contribution is 2.09. The fourth-order valence-corrected chi connectivity index (χ4v) is 1.93. The van der Waals surface area contributed by atoms with Crippen LogP contribution in [0.1, 0.15) is 6.42 Å². The number of rotatable bonds is 1. The minimum atomic E-state index is -0.158. The zero-order chi connectivity index (χ0) is 9.97. The maximum atomic E-state index is 11.9. The molecule has 0 spiro atoms. The molecule has 15 heavy (non-hydrogen) atoms. The Bertz CT molecular complexity index is 215. The molecule has 2 fully saturated rings. The van der Waals surface area contributed by atoms with Gasteiger partial charge in [-0.1, -0.05) is 0 Å². The van der Waals surface area contributed by atoms with Crippen molar-refractivity contribution < 1.29 is 9.53 Å². The van der Waals surface area contributed by atoms with Gasteiger partial charge in [0.25, 0.3) is 0 Å². The Hall–Kier alpha value is -0.360. The third kappa shape index (κ3) is 3.04. The SMILES string of the molecule is Cl.N[C@H]1CCN(C(=O)[C@H]2COCCN2)C1. The number of morpholine rings is 1. The fraction of sp³-hybridized carbons (Fsp3) is 0.889. The van der Waals surface area contributed by atoms with Gasteiger partial charge < -0.3 is 20.7 Å². The topological polar surface area (TPSA) is 67.6 Å². The predicted octanol–water partition coefficient (Wildman–Crippen LogP) is -1.04. The summed E-state index contributed by atoms with van der Waals surface area (Å²) in [6.07, 6.45) is 0.916. The van der Waals surface area contributed by atoms with Gasteiger partial charge in [0.2, 0.25) is 5.91 Å². The number of nitrogens with two attached hydrogens (primary N) is 1. The molecule has 2 heterocycles. The van der Waals surface area contributed by atoms with Gasteiger partial charge in [0, 0.05) is 25.7 Å². The molecule has 0 aromatic heterocycles. The van der Waals surface area contributed by atoms with Crippen molar-refractivity contribution in [3.8, 4) is 0 Å². The highest BCUT2D eigenvalue weighted by atomic mass is 35.5. The van der Waals surface area contributed by atoms with E-state index in [1.54, 1.807) is 0 Å². The zero-order valence-electron chi connectivity index (χ0n) is 8.65. The zero-order valence-corrected chi connectivity index (χ0v) is 9.46. The van der Waals surface area contributed by atoms with E-state index < -0.39 is 0 Å². The summed E-state index contributed by atoms with van der Waals surface area (Å²) in [5.41, 5.74) is 5.75. The van der Waals surface area contributed by atoms with E-state index in [4.69, 9.17) is 10.5 Å². The van der Waals surface area contributed by atoms with Gasteiger partial charge >= 0.3 is 0 Å². The first-order valence-corrected chi connectivity index (χ1v) is 5.13. The summed E-state index contributed by atoms with van der Waals surface area (Å²) >= 11 is 0. The first kappa shape index (κ1) is 12.7. The molecular weight excluding hydrogens is 218 g/mol. The van der Waals surface area contributed by atoms with Crippen LogP contribution in [0.4, 0.5) is 0 Å². The number of hydrogen-bond acceptors (Lipinski definition) is 4. The molecule has 0 aliphatic carbocycles. The molecule has 88 valence electrons.